The van der Waals surface area contributed by atoms with E-state index in [0.717, 1.165) is 11.3 Å². The summed E-state index contributed by atoms with van der Waals surface area (Å²) in [4.78, 5) is 26.0. The molecule has 0 fully saturated rings. The Morgan fingerprint density at radius 2 is 2.27 bits per heavy atom. The molecule has 0 saturated carbocycles. The number of carbonyl (C=O) groups excluding carboxylic acids is 1. The lowest BCUT2D eigenvalue weighted by atomic mass is 10.3. The third-order valence-electron chi connectivity index (χ3n) is 1.45. The molecule has 0 aliphatic carbocycles. The predicted molar refractivity (Wildman–Crippen MR) is 56.8 cm³/mol. The Bertz CT molecular complexity index is 388. The quantitative estimate of drug-likeness (QED) is 0.645. The first-order valence-corrected chi connectivity index (χ1v) is 6.09. The third kappa shape index (κ3) is 2.69. The minimum absolute atomic E-state index is 0.0715. The summed E-state index contributed by atoms with van der Waals surface area (Å²) in [6.07, 6.45) is 1.76. The van der Waals surface area contributed by atoms with Gasteiger partial charge < -0.3 is 9.84 Å². The van der Waals surface area contributed by atoms with Crippen LogP contribution < -0.4 is 0 Å². The van der Waals surface area contributed by atoms with Gasteiger partial charge >= 0.3 is 11.9 Å². The molecule has 82 valence electrons. The Kier molecular flexibility index (Phi) is 4.10. The van der Waals surface area contributed by atoms with E-state index in [1.54, 1.807) is 13.2 Å². The minimum Gasteiger partial charge on any atom is -0.477 e. The van der Waals surface area contributed by atoms with Gasteiger partial charge in [-0.05, 0) is 13.2 Å². The SMILES string of the molecule is CCOC(=O)c1nc(SC)sc1C(=O)O. The zero-order chi connectivity index (χ0) is 11.4. The van der Waals surface area contributed by atoms with E-state index < -0.39 is 11.9 Å². The molecule has 1 heterocycles. The maximum Gasteiger partial charge on any atom is 0.358 e. The van der Waals surface area contributed by atoms with Crippen LogP contribution >= 0.6 is 23.1 Å². The van der Waals surface area contributed by atoms with Crippen molar-refractivity contribution in [2.45, 2.75) is 11.3 Å². The Hall–Kier alpha value is -1.08. The van der Waals surface area contributed by atoms with E-state index in [1.165, 1.54) is 11.8 Å². The Labute approximate surface area is 94.5 Å². The van der Waals surface area contributed by atoms with Crippen molar-refractivity contribution in [1.82, 2.24) is 4.98 Å². The summed E-state index contributed by atoms with van der Waals surface area (Å²) in [6, 6.07) is 0. The first kappa shape index (κ1) is 12.0. The van der Waals surface area contributed by atoms with E-state index in [4.69, 9.17) is 9.84 Å². The van der Waals surface area contributed by atoms with E-state index in [2.05, 4.69) is 4.98 Å². The van der Waals surface area contributed by atoms with Gasteiger partial charge in [-0.25, -0.2) is 14.6 Å². The van der Waals surface area contributed by atoms with Crippen LogP contribution in [0.3, 0.4) is 0 Å². The van der Waals surface area contributed by atoms with E-state index >= 15 is 0 Å². The molecule has 1 aromatic rings. The van der Waals surface area contributed by atoms with Gasteiger partial charge in [-0.3, -0.25) is 0 Å². The fourth-order valence-corrected chi connectivity index (χ4v) is 2.26. The van der Waals surface area contributed by atoms with Crippen molar-refractivity contribution in [3.8, 4) is 0 Å². The number of thiazole rings is 1. The Morgan fingerprint density at radius 1 is 1.60 bits per heavy atom. The van der Waals surface area contributed by atoms with Crippen molar-refractivity contribution in [1.29, 1.82) is 0 Å². The molecular formula is C8H9NO4S2. The van der Waals surface area contributed by atoms with E-state index in [9.17, 15) is 9.59 Å². The van der Waals surface area contributed by atoms with Crippen LogP contribution in [0.15, 0.2) is 4.34 Å². The highest BCUT2D eigenvalue weighted by Gasteiger charge is 2.23. The standard InChI is InChI=1S/C8H9NO4S2/c1-3-13-7(12)4-5(6(10)11)15-8(9-4)14-2/h3H2,1-2H3,(H,10,11). The summed E-state index contributed by atoms with van der Waals surface area (Å²) < 4.78 is 5.25. The number of hydrogen-bond donors (Lipinski definition) is 1. The molecule has 0 atom stereocenters. The maximum absolute atomic E-state index is 11.3. The molecule has 0 saturated heterocycles. The smallest absolute Gasteiger partial charge is 0.358 e. The van der Waals surface area contributed by atoms with Gasteiger partial charge in [-0.15, -0.1) is 0 Å². The number of carboxylic acids is 1. The number of esters is 1. The van der Waals surface area contributed by atoms with Crippen LogP contribution in [-0.2, 0) is 4.74 Å². The van der Waals surface area contributed by atoms with Crippen LogP contribution in [-0.4, -0.2) is 34.9 Å². The number of thioether (sulfide) groups is 1. The second kappa shape index (κ2) is 5.13. The fourth-order valence-electron chi connectivity index (χ4n) is 0.871. The molecule has 15 heavy (non-hydrogen) atoms. The summed E-state index contributed by atoms with van der Waals surface area (Å²) in [6.45, 7) is 1.85. The largest absolute Gasteiger partial charge is 0.477 e. The lowest BCUT2D eigenvalue weighted by Gasteiger charge is -1.98. The van der Waals surface area contributed by atoms with Crippen LogP contribution in [0.1, 0.15) is 27.1 Å². The molecule has 0 amide bonds. The van der Waals surface area contributed by atoms with Gasteiger partial charge in [0, 0.05) is 0 Å². The van der Waals surface area contributed by atoms with Crippen molar-refractivity contribution in [2.24, 2.45) is 0 Å². The average Bonchev–Trinajstić information content (AvgIpc) is 2.61. The van der Waals surface area contributed by atoms with Crippen LogP contribution in [0.5, 0.6) is 0 Å². The minimum atomic E-state index is -1.16. The monoisotopic (exact) mass is 247 g/mol. The van der Waals surface area contributed by atoms with Crippen LogP contribution in [0.25, 0.3) is 0 Å². The lowest BCUT2D eigenvalue weighted by molar-refractivity contribution is 0.0509. The molecule has 0 unspecified atom stereocenters. The van der Waals surface area contributed by atoms with Gasteiger partial charge in [-0.2, -0.15) is 0 Å². The summed E-state index contributed by atoms with van der Waals surface area (Å²) in [7, 11) is 0. The van der Waals surface area contributed by atoms with E-state index in [-0.39, 0.29) is 17.2 Å². The normalized spacial score (nSPS) is 10.0. The second-order valence-corrected chi connectivity index (χ2v) is 4.44. The molecule has 1 aromatic heterocycles. The lowest BCUT2D eigenvalue weighted by Crippen LogP contribution is -2.10. The third-order valence-corrected chi connectivity index (χ3v) is 3.47. The highest BCUT2D eigenvalue weighted by Crippen LogP contribution is 2.26. The number of hydrogen-bond acceptors (Lipinski definition) is 6. The van der Waals surface area contributed by atoms with Crippen LogP contribution in [0.4, 0.5) is 0 Å². The average molecular weight is 247 g/mol. The summed E-state index contributed by atoms with van der Waals surface area (Å²) >= 11 is 2.27. The number of aromatic carboxylic acids is 1. The summed E-state index contributed by atoms with van der Waals surface area (Å²) in [5, 5.41) is 8.84. The number of carboxylic acid groups (broad SMARTS) is 1. The number of ether oxygens (including phenoxy) is 1. The van der Waals surface area contributed by atoms with Crippen LogP contribution in [0, 0.1) is 0 Å². The van der Waals surface area contributed by atoms with Gasteiger partial charge in [0.25, 0.3) is 0 Å². The van der Waals surface area contributed by atoms with Crippen molar-refractivity contribution in [2.75, 3.05) is 12.9 Å². The Balaban J connectivity index is 3.09. The van der Waals surface area contributed by atoms with Crippen molar-refractivity contribution < 1.29 is 19.4 Å². The molecule has 0 radical (unpaired) electrons. The molecule has 7 heteroatoms. The van der Waals surface area contributed by atoms with E-state index in [1.807, 2.05) is 0 Å². The molecule has 1 N–H and O–H groups in total. The summed E-state index contributed by atoms with van der Waals surface area (Å²) in [5.41, 5.74) is -0.112. The molecule has 0 aliphatic rings. The molecule has 0 aromatic carbocycles. The first-order chi connectivity index (χ1) is 7.10. The van der Waals surface area contributed by atoms with Crippen molar-refractivity contribution >= 4 is 35.0 Å². The zero-order valence-corrected chi connectivity index (χ0v) is 9.78. The molecule has 0 spiro atoms. The van der Waals surface area contributed by atoms with Gasteiger partial charge in [0.15, 0.2) is 10.0 Å². The first-order valence-electron chi connectivity index (χ1n) is 4.05. The highest BCUT2D eigenvalue weighted by molar-refractivity contribution is 8.00. The number of rotatable bonds is 4. The maximum atomic E-state index is 11.3. The highest BCUT2D eigenvalue weighted by atomic mass is 32.2. The molecule has 0 bridgehead atoms. The van der Waals surface area contributed by atoms with Gasteiger partial charge in [0.05, 0.1) is 6.61 Å². The van der Waals surface area contributed by atoms with E-state index in [0.29, 0.717) is 4.34 Å². The number of carbonyl (C=O) groups is 2. The molecule has 0 aliphatic heterocycles. The molecular weight excluding hydrogens is 238 g/mol. The molecule has 5 nitrogen and oxygen atoms in total. The Morgan fingerprint density at radius 3 is 2.73 bits per heavy atom. The topological polar surface area (TPSA) is 76.5 Å². The fraction of sp³-hybridized carbons (Fsp3) is 0.375. The summed E-state index contributed by atoms with van der Waals surface area (Å²) in [5.74, 6) is -1.85. The zero-order valence-electron chi connectivity index (χ0n) is 8.14. The van der Waals surface area contributed by atoms with Crippen LogP contribution in [0.2, 0.25) is 0 Å². The van der Waals surface area contributed by atoms with Crippen molar-refractivity contribution in [3.05, 3.63) is 10.6 Å². The molecule has 1 rings (SSSR count). The van der Waals surface area contributed by atoms with Crippen molar-refractivity contribution in [3.63, 3.8) is 0 Å². The number of nitrogens with zero attached hydrogens (tertiary/aromatic N) is 1. The van der Waals surface area contributed by atoms with Gasteiger partial charge in [0.1, 0.15) is 4.88 Å². The van der Waals surface area contributed by atoms with Gasteiger partial charge in [-0.1, -0.05) is 23.1 Å². The predicted octanol–water partition coefficient (Wildman–Crippen LogP) is 1.74. The van der Waals surface area contributed by atoms with Gasteiger partial charge in [0.2, 0.25) is 0 Å². The number of aromatic nitrogens is 1. The second-order valence-electron chi connectivity index (χ2n) is 2.39.